The molecule has 0 N–H and O–H groups in total. The molecule has 0 fully saturated rings. The lowest BCUT2D eigenvalue weighted by Gasteiger charge is -2.14. The van der Waals surface area contributed by atoms with Crippen LogP contribution in [0.2, 0.25) is 5.02 Å². The number of hydrogen-bond acceptors (Lipinski definition) is 0. The highest BCUT2D eigenvalue weighted by molar-refractivity contribution is 6.31. The van der Waals surface area contributed by atoms with Crippen molar-refractivity contribution < 1.29 is 17.6 Å². The normalized spacial score (nSPS) is 11.7. The van der Waals surface area contributed by atoms with E-state index in [-0.39, 0.29) is 16.1 Å². The third-order valence-corrected chi connectivity index (χ3v) is 3.00. The van der Waals surface area contributed by atoms with E-state index in [0.29, 0.717) is 5.56 Å². The van der Waals surface area contributed by atoms with E-state index in [1.165, 1.54) is 24.3 Å². The second-order valence-electron chi connectivity index (χ2n) is 4.18. The van der Waals surface area contributed by atoms with Crippen LogP contribution in [-0.4, -0.2) is 0 Å². The Balaban J connectivity index is 2.66. The van der Waals surface area contributed by atoms with Crippen molar-refractivity contribution in [1.82, 2.24) is 0 Å². The summed E-state index contributed by atoms with van der Waals surface area (Å²) in [6.07, 6.45) is -4.47. The second kappa shape index (κ2) is 4.85. The lowest BCUT2D eigenvalue weighted by Crippen LogP contribution is -2.07. The molecule has 0 bridgehead atoms. The van der Waals surface area contributed by atoms with E-state index in [0.717, 1.165) is 12.1 Å². The van der Waals surface area contributed by atoms with Crippen LogP contribution >= 0.6 is 11.6 Å². The van der Waals surface area contributed by atoms with Gasteiger partial charge in [-0.1, -0.05) is 35.4 Å². The molecule has 0 amide bonds. The summed E-state index contributed by atoms with van der Waals surface area (Å²) < 4.78 is 51.9. The number of rotatable bonds is 1. The van der Waals surface area contributed by atoms with Crippen LogP contribution in [0.3, 0.4) is 0 Å². The van der Waals surface area contributed by atoms with E-state index in [1.54, 1.807) is 6.92 Å². The van der Waals surface area contributed by atoms with Gasteiger partial charge >= 0.3 is 6.18 Å². The van der Waals surface area contributed by atoms with Crippen LogP contribution in [0.25, 0.3) is 11.1 Å². The van der Waals surface area contributed by atoms with Crippen LogP contribution in [0.1, 0.15) is 11.1 Å². The molecule has 2 aromatic rings. The van der Waals surface area contributed by atoms with Crippen molar-refractivity contribution >= 4 is 11.6 Å². The monoisotopic (exact) mass is 288 g/mol. The van der Waals surface area contributed by atoms with Crippen LogP contribution in [0, 0.1) is 12.7 Å². The van der Waals surface area contributed by atoms with E-state index in [1.807, 2.05) is 0 Å². The molecule has 0 heterocycles. The molecule has 0 atom stereocenters. The fourth-order valence-electron chi connectivity index (χ4n) is 1.81. The predicted octanol–water partition coefficient (Wildman–Crippen LogP) is 5.47. The highest BCUT2D eigenvalue weighted by Crippen LogP contribution is 2.38. The van der Waals surface area contributed by atoms with Crippen LogP contribution in [0.5, 0.6) is 0 Å². The molecule has 19 heavy (non-hydrogen) atoms. The molecule has 0 aliphatic carbocycles. The van der Waals surface area contributed by atoms with E-state index in [9.17, 15) is 17.6 Å². The van der Waals surface area contributed by atoms with E-state index >= 15 is 0 Å². The van der Waals surface area contributed by atoms with Gasteiger partial charge in [0.05, 0.1) is 10.6 Å². The molecule has 0 aromatic heterocycles. The Hall–Kier alpha value is -1.55. The first-order chi connectivity index (χ1) is 8.79. The summed E-state index contributed by atoms with van der Waals surface area (Å²) >= 11 is 5.61. The lowest BCUT2D eigenvalue weighted by molar-refractivity contribution is -0.137. The minimum absolute atomic E-state index is 0.00519. The third-order valence-electron chi connectivity index (χ3n) is 2.71. The number of benzene rings is 2. The Morgan fingerprint density at radius 1 is 1.00 bits per heavy atom. The molecule has 2 aromatic carbocycles. The summed E-state index contributed by atoms with van der Waals surface area (Å²) in [5, 5.41) is -0.202. The largest absolute Gasteiger partial charge is 0.417 e. The quantitative estimate of drug-likeness (QED) is 0.610. The van der Waals surface area contributed by atoms with Crippen molar-refractivity contribution in [2.75, 3.05) is 0 Å². The molecule has 0 nitrogen and oxygen atoms in total. The predicted molar refractivity (Wildman–Crippen MR) is 66.6 cm³/mol. The van der Waals surface area contributed by atoms with Gasteiger partial charge in [-0.25, -0.2) is 4.39 Å². The van der Waals surface area contributed by atoms with Crippen LogP contribution in [0.4, 0.5) is 17.6 Å². The van der Waals surface area contributed by atoms with Crippen molar-refractivity contribution in [2.45, 2.75) is 13.1 Å². The zero-order chi connectivity index (χ0) is 14.2. The standard InChI is InChI=1S/C14H9ClF4/c1-8-2-4-11(14(17,18)19)10(6-8)9-3-5-13(16)12(15)7-9/h2-7H,1H3. The number of alkyl halides is 3. The molecule has 0 saturated carbocycles. The molecule has 100 valence electrons. The zero-order valence-electron chi connectivity index (χ0n) is 9.85. The molecule has 0 unspecified atom stereocenters. The van der Waals surface area contributed by atoms with Crippen LogP contribution in [0.15, 0.2) is 36.4 Å². The summed E-state index contributed by atoms with van der Waals surface area (Å²) in [6.45, 7) is 1.69. The minimum Gasteiger partial charge on any atom is -0.205 e. The Morgan fingerprint density at radius 3 is 2.26 bits per heavy atom. The summed E-state index contributed by atoms with van der Waals surface area (Å²) in [6, 6.07) is 7.35. The van der Waals surface area contributed by atoms with Gasteiger partial charge in [0.15, 0.2) is 0 Å². The van der Waals surface area contributed by atoms with Gasteiger partial charge in [0, 0.05) is 0 Å². The summed E-state index contributed by atoms with van der Waals surface area (Å²) in [7, 11) is 0. The summed E-state index contributed by atoms with van der Waals surface area (Å²) in [5.41, 5.74) is 0.154. The molecule has 0 aliphatic heterocycles. The Morgan fingerprint density at radius 2 is 1.68 bits per heavy atom. The van der Waals surface area contributed by atoms with Crippen molar-refractivity contribution in [1.29, 1.82) is 0 Å². The molecule has 0 aliphatic rings. The molecular weight excluding hydrogens is 280 g/mol. The molecule has 5 heteroatoms. The van der Waals surface area contributed by atoms with Gasteiger partial charge < -0.3 is 0 Å². The van der Waals surface area contributed by atoms with Gasteiger partial charge in [-0.15, -0.1) is 0 Å². The maximum Gasteiger partial charge on any atom is 0.417 e. The van der Waals surface area contributed by atoms with Gasteiger partial charge in [-0.3, -0.25) is 0 Å². The minimum atomic E-state index is -4.47. The fourth-order valence-corrected chi connectivity index (χ4v) is 1.99. The van der Waals surface area contributed by atoms with Crippen molar-refractivity contribution in [3.63, 3.8) is 0 Å². The average molecular weight is 289 g/mol. The molecule has 0 radical (unpaired) electrons. The third kappa shape index (κ3) is 2.89. The van der Waals surface area contributed by atoms with Gasteiger partial charge in [-0.05, 0) is 36.2 Å². The summed E-state index contributed by atoms with van der Waals surface area (Å²) in [4.78, 5) is 0. The van der Waals surface area contributed by atoms with Crippen molar-refractivity contribution in [3.8, 4) is 11.1 Å². The number of aryl methyl sites for hydroxylation is 1. The molecule has 2 rings (SSSR count). The maximum absolute atomic E-state index is 13.1. The van der Waals surface area contributed by atoms with Gasteiger partial charge in [0.25, 0.3) is 0 Å². The van der Waals surface area contributed by atoms with Gasteiger partial charge in [0.2, 0.25) is 0 Å². The van der Waals surface area contributed by atoms with Crippen molar-refractivity contribution in [3.05, 3.63) is 58.4 Å². The second-order valence-corrected chi connectivity index (χ2v) is 4.58. The Labute approximate surface area is 112 Å². The smallest absolute Gasteiger partial charge is 0.205 e. The number of hydrogen-bond donors (Lipinski definition) is 0. The lowest BCUT2D eigenvalue weighted by atomic mass is 9.97. The first-order valence-electron chi connectivity index (χ1n) is 5.42. The average Bonchev–Trinajstić information content (AvgIpc) is 2.31. The SMILES string of the molecule is Cc1ccc(C(F)(F)F)c(-c2ccc(F)c(Cl)c2)c1. The van der Waals surface area contributed by atoms with E-state index < -0.39 is 17.6 Å². The maximum atomic E-state index is 13.1. The van der Waals surface area contributed by atoms with Crippen LogP contribution in [-0.2, 0) is 6.18 Å². The van der Waals surface area contributed by atoms with Crippen LogP contribution < -0.4 is 0 Å². The first kappa shape index (κ1) is 13.9. The van der Waals surface area contributed by atoms with Crippen molar-refractivity contribution in [2.24, 2.45) is 0 Å². The first-order valence-corrected chi connectivity index (χ1v) is 5.80. The van der Waals surface area contributed by atoms with E-state index in [2.05, 4.69) is 0 Å². The molecule has 0 saturated heterocycles. The summed E-state index contributed by atoms with van der Waals surface area (Å²) in [5.74, 6) is -0.661. The molecule has 0 spiro atoms. The fraction of sp³-hybridized carbons (Fsp3) is 0.143. The number of halogens is 5. The van der Waals surface area contributed by atoms with Gasteiger partial charge in [0.1, 0.15) is 5.82 Å². The zero-order valence-corrected chi connectivity index (χ0v) is 10.6. The highest BCUT2D eigenvalue weighted by atomic mass is 35.5. The Kier molecular flexibility index (Phi) is 3.54. The molecular formula is C14H9ClF4. The van der Waals surface area contributed by atoms with Gasteiger partial charge in [-0.2, -0.15) is 13.2 Å². The topological polar surface area (TPSA) is 0 Å². The Bertz CT molecular complexity index is 617. The highest BCUT2D eigenvalue weighted by Gasteiger charge is 2.33. The van der Waals surface area contributed by atoms with E-state index in [4.69, 9.17) is 11.6 Å².